The summed E-state index contributed by atoms with van der Waals surface area (Å²) in [5.74, 6) is 0. The lowest BCUT2D eigenvalue weighted by Gasteiger charge is -2.08. The van der Waals surface area contributed by atoms with Gasteiger partial charge in [0.15, 0.2) is 0 Å². The molecule has 19 heavy (non-hydrogen) atoms. The number of benzene rings is 1. The maximum Gasteiger partial charge on any atom is 0.0522 e. The van der Waals surface area contributed by atoms with Crippen LogP contribution in [0.3, 0.4) is 0 Å². The minimum Gasteiger partial charge on any atom is -0.343 e. The molecule has 0 saturated carbocycles. The summed E-state index contributed by atoms with van der Waals surface area (Å²) in [6, 6.07) is 10.6. The number of aromatic nitrogens is 3. The highest BCUT2D eigenvalue weighted by Gasteiger charge is 2.07. The van der Waals surface area contributed by atoms with Crippen LogP contribution in [-0.4, -0.2) is 14.3 Å². The molecule has 0 bridgehead atoms. The summed E-state index contributed by atoms with van der Waals surface area (Å²) in [6.07, 6.45) is 4.96. The van der Waals surface area contributed by atoms with E-state index in [1.807, 2.05) is 17.9 Å². The van der Waals surface area contributed by atoms with Gasteiger partial charge in [0.2, 0.25) is 0 Å². The fraction of sp³-hybridized carbons (Fsp3) is 0.267. The zero-order valence-corrected chi connectivity index (χ0v) is 11.1. The van der Waals surface area contributed by atoms with Crippen LogP contribution >= 0.6 is 0 Å². The first kappa shape index (κ1) is 12.0. The number of aryl methyl sites for hydroxylation is 3. The molecule has 2 aromatic heterocycles. The summed E-state index contributed by atoms with van der Waals surface area (Å²) < 4.78 is 4.15. The van der Waals surface area contributed by atoms with Crippen LogP contribution in [0.1, 0.15) is 11.3 Å². The summed E-state index contributed by atoms with van der Waals surface area (Å²) in [5, 5.41) is 5.46. The predicted octanol–water partition coefficient (Wildman–Crippen LogP) is 2.08. The van der Waals surface area contributed by atoms with E-state index in [9.17, 15) is 0 Å². The van der Waals surface area contributed by atoms with Crippen LogP contribution in [0.15, 0.2) is 42.7 Å². The van der Waals surface area contributed by atoms with E-state index >= 15 is 0 Å². The van der Waals surface area contributed by atoms with Crippen LogP contribution in [0.25, 0.3) is 10.9 Å². The van der Waals surface area contributed by atoms with Crippen LogP contribution < -0.4 is 5.73 Å². The minimum atomic E-state index is 0.571. The van der Waals surface area contributed by atoms with Crippen molar-refractivity contribution in [3.8, 4) is 0 Å². The smallest absolute Gasteiger partial charge is 0.0522 e. The lowest BCUT2D eigenvalue weighted by Crippen LogP contribution is -2.08. The molecule has 0 aliphatic carbocycles. The largest absolute Gasteiger partial charge is 0.343 e. The quantitative estimate of drug-likeness (QED) is 0.775. The molecule has 0 aliphatic heterocycles. The van der Waals surface area contributed by atoms with Crippen molar-refractivity contribution in [3.63, 3.8) is 0 Å². The van der Waals surface area contributed by atoms with Gasteiger partial charge in [-0.05, 0) is 29.5 Å². The number of nitrogens with zero attached hydrogens (tertiary/aromatic N) is 3. The molecule has 0 atom stereocenters. The first-order valence-electron chi connectivity index (χ1n) is 6.52. The molecule has 0 saturated heterocycles. The van der Waals surface area contributed by atoms with Gasteiger partial charge in [0.25, 0.3) is 0 Å². The Morgan fingerprint density at radius 1 is 1.26 bits per heavy atom. The molecule has 0 aliphatic rings. The van der Waals surface area contributed by atoms with Crippen LogP contribution in [0.4, 0.5) is 0 Å². The van der Waals surface area contributed by atoms with E-state index in [2.05, 4.69) is 46.2 Å². The summed E-state index contributed by atoms with van der Waals surface area (Å²) in [5.41, 5.74) is 9.54. The lowest BCUT2D eigenvalue weighted by molar-refractivity contribution is 0.683. The first-order chi connectivity index (χ1) is 9.28. The van der Waals surface area contributed by atoms with Crippen molar-refractivity contribution in [2.75, 3.05) is 0 Å². The average Bonchev–Trinajstić information content (AvgIpc) is 2.99. The van der Waals surface area contributed by atoms with Crippen molar-refractivity contribution < 1.29 is 0 Å². The normalized spacial score (nSPS) is 11.3. The zero-order chi connectivity index (χ0) is 13.2. The number of fused-ring (bicyclic) bond motifs is 1. The Bertz CT molecular complexity index is 693. The molecule has 98 valence electrons. The van der Waals surface area contributed by atoms with Gasteiger partial charge in [-0.25, -0.2) is 0 Å². The number of hydrogen-bond donors (Lipinski definition) is 1. The Morgan fingerprint density at radius 3 is 2.84 bits per heavy atom. The second kappa shape index (κ2) is 4.90. The van der Waals surface area contributed by atoms with Gasteiger partial charge < -0.3 is 10.3 Å². The van der Waals surface area contributed by atoms with Crippen molar-refractivity contribution in [1.82, 2.24) is 14.3 Å². The number of nitrogens with two attached hydrogens (primary N) is 1. The van der Waals surface area contributed by atoms with Crippen molar-refractivity contribution in [2.24, 2.45) is 12.8 Å². The maximum absolute atomic E-state index is 5.85. The van der Waals surface area contributed by atoms with Crippen LogP contribution in [0.2, 0.25) is 0 Å². The van der Waals surface area contributed by atoms with Crippen LogP contribution in [0.5, 0.6) is 0 Å². The van der Waals surface area contributed by atoms with Gasteiger partial charge in [0.1, 0.15) is 0 Å². The van der Waals surface area contributed by atoms with Gasteiger partial charge in [0, 0.05) is 37.5 Å². The van der Waals surface area contributed by atoms with E-state index in [1.165, 1.54) is 22.2 Å². The summed E-state index contributed by atoms with van der Waals surface area (Å²) in [6.45, 7) is 1.51. The van der Waals surface area contributed by atoms with E-state index < -0.39 is 0 Å². The molecule has 1 aromatic carbocycles. The van der Waals surface area contributed by atoms with Crippen molar-refractivity contribution >= 4 is 10.9 Å². The molecular formula is C15H18N4. The van der Waals surface area contributed by atoms with Gasteiger partial charge in [-0.1, -0.05) is 18.2 Å². The van der Waals surface area contributed by atoms with Gasteiger partial charge in [-0.2, -0.15) is 5.10 Å². The van der Waals surface area contributed by atoms with Crippen molar-refractivity contribution in [1.29, 1.82) is 0 Å². The number of hydrogen-bond acceptors (Lipinski definition) is 2. The Balaban J connectivity index is 1.90. The van der Waals surface area contributed by atoms with Gasteiger partial charge in [0.05, 0.1) is 6.20 Å². The molecule has 4 heteroatoms. The molecule has 0 spiro atoms. The number of rotatable bonds is 4. The highest BCUT2D eigenvalue weighted by Crippen LogP contribution is 2.20. The predicted molar refractivity (Wildman–Crippen MR) is 76.7 cm³/mol. The van der Waals surface area contributed by atoms with Crippen LogP contribution in [0, 0.1) is 0 Å². The molecule has 0 unspecified atom stereocenters. The third-order valence-electron chi connectivity index (χ3n) is 3.49. The van der Waals surface area contributed by atoms with Gasteiger partial charge in [-0.15, -0.1) is 0 Å². The Kier molecular flexibility index (Phi) is 3.09. The van der Waals surface area contributed by atoms with E-state index in [0.29, 0.717) is 6.54 Å². The summed E-state index contributed by atoms with van der Waals surface area (Å²) in [7, 11) is 1.94. The second-order valence-corrected chi connectivity index (χ2v) is 4.82. The minimum absolute atomic E-state index is 0.571. The fourth-order valence-electron chi connectivity index (χ4n) is 2.54. The molecule has 4 nitrogen and oxygen atoms in total. The highest BCUT2D eigenvalue weighted by molar-refractivity contribution is 5.81. The molecule has 0 fully saturated rings. The highest BCUT2D eigenvalue weighted by atomic mass is 15.2. The lowest BCUT2D eigenvalue weighted by atomic mass is 10.2. The summed E-state index contributed by atoms with van der Waals surface area (Å²) in [4.78, 5) is 0. The van der Waals surface area contributed by atoms with E-state index in [-0.39, 0.29) is 0 Å². The molecule has 3 rings (SSSR count). The van der Waals surface area contributed by atoms with E-state index in [4.69, 9.17) is 5.73 Å². The maximum atomic E-state index is 5.85. The molecular weight excluding hydrogens is 236 g/mol. The summed E-state index contributed by atoms with van der Waals surface area (Å²) >= 11 is 0. The Hall–Kier alpha value is -2.07. The Labute approximate surface area is 112 Å². The second-order valence-electron chi connectivity index (χ2n) is 4.82. The topological polar surface area (TPSA) is 48.8 Å². The molecule has 0 amide bonds. The fourth-order valence-corrected chi connectivity index (χ4v) is 2.54. The van der Waals surface area contributed by atoms with Crippen LogP contribution in [-0.2, 0) is 26.6 Å². The van der Waals surface area contributed by atoms with Crippen molar-refractivity contribution in [3.05, 3.63) is 54.0 Å². The van der Waals surface area contributed by atoms with E-state index in [1.54, 1.807) is 0 Å². The molecule has 0 radical (unpaired) electrons. The third kappa shape index (κ3) is 2.27. The third-order valence-corrected chi connectivity index (χ3v) is 3.49. The SMILES string of the molecule is Cn1cc(CCn2c(CN)cc3ccccc32)cn1. The Morgan fingerprint density at radius 2 is 2.11 bits per heavy atom. The molecule has 3 aromatic rings. The molecule has 2 N–H and O–H groups in total. The monoisotopic (exact) mass is 254 g/mol. The number of para-hydroxylation sites is 1. The van der Waals surface area contributed by atoms with Crippen molar-refractivity contribution in [2.45, 2.75) is 19.5 Å². The van der Waals surface area contributed by atoms with Gasteiger partial charge in [-0.3, -0.25) is 4.68 Å². The van der Waals surface area contributed by atoms with E-state index in [0.717, 1.165) is 13.0 Å². The standard InChI is InChI=1S/C15H18N4/c1-18-11-12(10-17-18)6-7-19-14(9-16)8-13-4-2-3-5-15(13)19/h2-5,8,10-11H,6-7,9,16H2,1H3. The van der Waals surface area contributed by atoms with Gasteiger partial charge >= 0.3 is 0 Å². The zero-order valence-electron chi connectivity index (χ0n) is 11.1. The first-order valence-corrected chi connectivity index (χ1v) is 6.52. The average molecular weight is 254 g/mol. The molecule has 2 heterocycles.